The van der Waals surface area contributed by atoms with Crippen LogP contribution < -0.4 is 9.46 Å². The average Bonchev–Trinajstić information content (AvgIpc) is 2.57. The molecule has 2 rings (SSSR count). The van der Waals surface area contributed by atoms with Crippen LogP contribution in [0.5, 0.6) is 5.75 Å². The maximum atomic E-state index is 12.5. The summed E-state index contributed by atoms with van der Waals surface area (Å²) in [5, 5.41) is -0.138. The molecule has 2 aromatic rings. The molecule has 6 nitrogen and oxygen atoms in total. The van der Waals surface area contributed by atoms with Crippen LogP contribution in [0.3, 0.4) is 0 Å². The molecule has 0 fully saturated rings. The summed E-state index contributed by atoms with van der Waals surface area (Å²) in [6.07, 6.45) is 0. The molecule has 0 radical (unpaired) electrons. The van der Waals surface area contributed by atoms with E-state index in [1.54, 1.807) is 6.92 Å². The second kappa shape index (κ2) is 7.95. The lowest BCUT2D eigenvalue weighted by Crippen LogP contribution is -2.14. The summed E-state index contributed by atoms with van der Waals surface area (Å²) in [7, 11) is -2.58. The van der Waals surface area contributed by atoms with Crippen molar-refractivity contribution >= 4 is 44.9 Å². The smallest absolute Gasteiger partial charge is 0.338 e. The number of halogens is 2. The first-order valence-electron chi connectivity index (χ1n) is 7.12. The van der Waals surface area contributed by atoms with E-state index >= 15 is 0 Å². The molecular weight excluding hydrogens is 389 g/mol. The molecular formula is C16H15Cl2NO5S. The van der Waals surface area contributed by atoms with Crippen molar-refractivity contribution < 1.29 is 22.7 Å². The van der Waals surface area contributed by atoms with Crippen molar-refractivity contribution in [1.29, 1.82) is 0 Å². The minimum atomic E-state index is -3.97. The molecule has 25 heavy (non-hydrogen) atoms. The van der Waals surface area contributed by atoms with Crippen LogP contribution in [0.25, 0.3) is 0 Å². The highest BCUT2D eigenvalue weighted by Crippen LogP contribution is 2.37. The number of anilines is 1. The van der Waals surface area contributed by atoms with Crippen molar-refractivity contribution in [2.45, 2.75) is 11.8 Å². The molecule has 0 heterocycles. The van der Waals surface area contributed by atoms with E-state index in [4.69, 9.17) is 32.7 Å². The first kappa shape index (κ1) is 19.4. The van der Waals surface area contributed by atoms with Crippen molar-refractivity contribution in [2.24, 2.45) is 0 Å². The summed E-state index contributed by atoms with van der Waals surface area (Å²) < 4.78 is 37.3. The van der Waals surface area contributed by atoms with Crippen molar-refractivity contribution in [3.8, 4) is 5.75 Å². The van der Waals surface area contributed by atoms with Crippen LogP contribution in [-0.2, 0) is 14.8 Å². The summed E-state index contributed by atoms with van der Waals surface area (Å²) in [5.41, 5.74) is 0.575. The maximum absolute atomic E-state index is 12.5. The predicted octanol–water partition coefficient (Wildman–Crippen LogP) is 3.98. The summed E-state index contributed by atoms with van der Waals surface area (Å²) in [4.78, 5) is 11.4. The van der Waals surface area contributed by atoms with Crippen LogP contribution in [0.1, 0.15) is 17.3 Å². The molecule has 0 atom stereocenters. The fourth-order valence-electron chi connectivity index (χ4n) is 1.98. The molecule has 0 amide bonds. The van der Waals surface area contributed by atoms with E-state index in [9.17, 15) is 13.2 Å². The molecule has 0 unspecified atom stereocenters. The zero-order chi connectivity index (χ0) is 18.6. The van der Waals surface area contributed by atoms with Gasteiger partial charge < -0.3 is 9.47 Å². The Morgan fingerprint density at radius 1 is 1.08 bits per heavy atom. The minimum Gasteiger partial charge on any atom is -0.495 e. The van der Waals surface area contributed by atoms with Crippen LogP contribution >= 0.6 is 23.2 Å². The van der Waals surface area contributed by atoms with Crippen LogP contribution in [0.2, 0.25) is 10.0 Å². The van der Waals surface area contributed by atoms with Gasteiger partial charge in [-0.3, -0.25) is 4.72 Å². The van der Waals surface area contributed by atoms with Crippen LogP contribution in [-0.4, -0.2) is 28.1 Å². The topological polar surface area (TPSA) is 81.7 Å². The average molecular weight is 404 g/mol. The van der Waals surface area contributed by atoms with Gasteiger partial charge in [-0.05, 0) is 43.3 Å². The van der Waals surface area contributed by atoms with Gasteiger partial charge in [0, 0.05) is 5.69 Å². The molecule has 0 saturated heterocycles. The third-order valence-electron chi connectivity index (χ3n) is 3.17. The number of methoxy groups -OCH3 is 1. The van der Waals surface area contributed by atoms with Crippen molar-refractivity contribution in [3.05, 3.63) is 52.0 Å². The number of sulfonamides is 1. The first-order valence-corrected chi connectivity index (χ1v) is 9.36. The largest absolute Gasteiger partial charge is 0.495 e. The molecule has 0 saturated carbocycles. The standard InChI is InChI=1S/C16H15Cl2NO5S/c1-3-24-16(20)10-4-6-11(7-5-10)19-25(21,22)13-9-8-12(23-2)14(17)15(13)18/h4-9,19H,3H2,1-2H3. The SMILES string of the molecule is CCOC(=O)c1ccc(NS(=O)(=O)c2ccc(OC)c(Cl)c2Cl)cc1. The molecule has 1 N–H and O–H groups in total. The number of hydrogen-bond donors (Lipinski definition) is 1. The number of nitrogens with one attached hydrogen (secondary N) is 1. The second-order valence-electron chi connectivity index (χ2n) is 4.80. The number of benzene rings is 2. The van der Waals surface area contributed by atoms with Crippen molar-refractivity contribution in [1.82, 2.24) is 0 Å². The quantitative estimate of drug-likeness (QED) is 0.737. The summed E-state index contributed by atoms with van der Waals surface area (Å²) in [6.45, 7) is 1.95. The third-order valence-corrected chi connectivity index (χ3v) is 5.57. The Labute approximate surface area is 155 Å². The zero-order valence-corrected chi connectivity index (χ0v) is 15.7. The summed E-state index contributed by atoms with van der Waals surface area (Å²) in [6, 6.07) is 8.51. The van der Waals surface area contributed by atoms with E-state index in [1.807, 2.05) is 0 Å². The second-order valence-corrected chi connectivity index (χ2v) is 7.20. The molecule has 0 aliphatic heterocycles. The Bertz CT molecular complexity index is 882. The summed E-state index contributed by atoms with van der Waals surface area (Å²) in [5.74, 6) is -0.216. The van der Waals surface area contributed by atoms with Gasteiger partial charge in [-0.15, -0.1) is 0 Å². The van der Waals surface area contributed by atoms with Gasteiger partial charge in [0.1, 0.15) is 15.7 Å². The van der Waals surface area contributed by atoms with E-state index in [2.05, 4.69) is 4.72 Å². The lowest BCUT2D eigenvalue weighted by Gasteiger charge is -2.12. The first-order chi connectivity index (χ1) is 11.8. The van der Waals surface area contributed by atoms with E-state index < -0.39 is 16.0 Å². The van der Waals surface area contributed by atoms with Gasteiger partial charge in [-0.2, -0.15) is 0 Å². The van der Waals surface area contributed by atoms with Gasteiger partial charge in [-0.25, -0.2) is 13.2 Å². The van der Waals surface area contributed by atoms with Gasteiger partial charge in [0.2, 0.25) is 0 Å². The highest BCUT2D eigenvalue weighted by Gasteiger charge is 2.22. The van der Waals surface area contributed by atoms with E-state index in [0.29, 0.717) is 5.56 Å². The van der Waals surface area contributed by atoms with Crippen LogP contribution in [0.4, 0.5) is 5.69 Å². The third kappa shape index (κ3) is 4.36. The normalized spacial score (nSPS) is 11.0. The Kier molecular flexibility index (Phi) is 6.16. The van der Waals surface area contributed by atoms with Crippen LogP contribution in [0.15, 0.2) is 41.3 Å². The number of ether oxygens (including phenoxy) is 2. The molecule has 0 spiro atoms. The molecule has 2 aromatic carbocycles. The monoisotopic (exact) mass is 403 g/mol. The van der Waals surface area contributed by atoms with Crippen LogP contribution in [0, 0.1) is 0 Å². The lowest BCUT2D eigenvalue weighted by molar-refractivity contribution is 0.0526. The van der Waals surface area contributed by atoms with E-state index in [1.165, 1.54) is 43.5 Å². The minimum absolute atomic E-state index is 0.00435. The molecule has 0 aliphatic rings. The predicted molar refractivity (Wildman–Crippen MR) is 96.2 cm³/mol. The Morgan fingerprint density at radius 3 is 2.28 bits per heavy atom. The highest BCUT2D eigenvalue weighted by atomic mass is 35.5. The Hall–Kier alpha value is -1.96. The van der Waals surface area contributed by atoms with Gasteiger partial charge in [0.15, 0.2) is 0 Å². The van der Waals surface area contributed by atoms with Gasteiger partial charge >= 0.3 is 5.97 Å². The van der Waals surface area contributed by atoms with Crippen molar-refractivity contribution in [3.63, 3.8) is 0 Å². The van der Waals surface area contributed by atoms with Gasteiger partial charge in [0.05, 0.1) is 24.3 Å². The molecule has 9 heteroatoms. The Morgan fingerprint density at radius 2 is 1.72 bits per heavy atom. The highest BCUT2D eigenvalue weighted by molar-refractivity contribution is 7.92. The zero-order valence-electron chi connectivity index (χ0n) is 13.4. The number of carbonyl (C=O) groups excluding carboxylic acids is 1. The van der Waals surface area contributed by atoms with Crippen molar-refractivity contribution in [2.75, 3.05) is 18.4 Å². The Balaban J connectivity index is 2.27. The fraction of sp³-hybridized carbons (Fsp3) is 0.188. The lowest BCUT2D eigenvalue weighted by atomic mass is 10.2. The number of esters is 1. The van der Waals surface area contributed by atoms with E-state index in [-0.39, 0.29) is 33.0 Å². The maximum Gasteiger partial charge on any atom is 0.338 e. The number of carbonyl (C=O) groups is 1. The molecule has 0 aliphatic carbocycles. The summed E-state index contributed by atoms with van der Waals surface area (Å²) >= 11 is 12.0. The fourth-order valence-corrected chi connectivity index (χ4v) is 3.88. The number of hydrogen-bond acceptors (Lipinski definition) is 5. The van der Waals surface area contributed by atoms with Gasteiger partial charge in [-0.1, -0.05) is 23.2 Å². The number of rotatable bonds is 6. The van der Waals surface area contributed by atoms with E-state index in [0.717, 1.165) is 0 Å². The van der Waals surface area contributed by atoms with Gasteiger partial charge in [0.25, 0.3) is 10.0 Å². The molecule has 0 bridgehead atoms. The molecule has 0 aromatic heterocycles. The molecule has 134 valence electrons.